The van der Waals surface area contributed by atoms with E-state index in [0.717, 1.165) is 6.07 Å². The molecule has 6 nitrogen and oxygen atoms in total. The Kier molecular flexibility index (Phi) is 4.93. The molecule has 0 spiro atoms. The van der Waals surface area contributed by atoms with Gasteiger partial charge in [-0.25, -0.2) is 17.9 Å². The second-order valence-electron chi connectivity index (χ2n) is 3.51. The molecule has 8 heteroatoms. The van der Waals surface area contributed by atoms with Crippen molar-refractivity contribution in [3.05, 3.63) is 35.4 Å². The van der Waals surface area contributed by atoms with Crippen LogP contribution in [0.1, 0.15) is 10.4 Å². The number of carboxylic acids is 1. The first-order valence-corrected chi connectivity index (χ1v) is 6.88. The molecule has 0 atom stereocenters. The highest BCUT2D eigenvalue weighted by atomic mass is 35.5. The van der Waals surface area contributed by atoms with Crippen LogP contribution in [0.5, 0.6) is 5.75 Å². The van der Waals surface area contributed by atoms with Crippen LogP contribution in [0.4, 0.5) is 0 Å². The average Bonchev–Trinajstić information content (AvgIpc) is 2.35. The van der Waals surface area contributed by atoms with Crippen LogP contribution in [0.3, 0.4) is 0 Å². The van der Waals surface area contributed by atoms with Crippen LogP contribution in [-0.4, -0.2) is 33.1 Å². The van der Waals surface area contributed by atoms with Crippen LogP contribution in [0.15, 0.2) is 34.7 Å². The summed E-state index contributed by atoms with van der Waals surface area (Å²) in [5, 5.41) is 8.97. The van der Waals surface area contributed by atoms with Crippen molar-refractivity contribution < 1.29 is 23.1 Å². The zero-order valence-electron chi connectivity index (χ0n) is 10.0. The lowest BCUT2D eigenvalue weighted by atomic mass is 10.2. The molecule has 104 valence electrons. The predicted molar refractivity (Wildman–Crippen MR) is 70.1 cm³/mol. The van der Waals surface area contributed by atoms with E-state index in [0.29, 0.717) is 0 Å². The summed E-state index contributed by atoms with van der Waals surface area (Å²) in [6.45, 7) is 3.19. The molecular weight excluding hydrogens is 294 g/mol. The molecule has 0 saturated heterocycles. The summed E-state index contributed by atoms with van der Waals surface area (Å²) < 4.78 is 31.1. The van der Waals surface area contributed by atoms with Crippen LogP contribution < -0.4 is 9.46 Å². The largest absolute Gasteiger partial charge is 0.495 e. The highest BCUT2D eigenvalue weighted by Gasteiger charge is 2.21. The van der Waals surface area contributed by atoms with Gasteiger partial charge in [0.2, 0.25) is 10.0 Å². The van der Waals surface area contributed by atoms with Gasteiger partial charge >= 0.3 is 5.97 Å². The minimum Gasteiger partial charge on any atom is -0.495 e. The molecule has 0 heterocycles. The Bertz CT molecular complexity index is 612. The highest BCUT2D eigenvalue weighted by molar-refractivity contribution is 7.89. The van der Waals surface area contributed by atoms with Crippen LogP contribution in [0.2, 0.25) is 0 Å². The highest BCUT2D eigenvalue weighted by Crippen LogP contribution is 2.24. The molecule has 0 unspecified atom stereocenters. The lowest BCUT2D eigenvalue weighted by Gasteiger charge is -2.11. The van der Waals surface area contributed by atoms with Crippen LogP contribution >= 0.6 is 11.6 Å². The Labute approximate surface area is 115 Å². The molecular formula is C11H12ClNO5S. The molecule has 1 aromatic rings. The van der Waals surface area contributed by atoms with E-state index in [1.54, 1.807) is 0 Å². The maximum absolute atomic E-state index is 12.0. The van der Waals surface area contributed by atoms with Crippen molar-refractivity contribution in [1.82, 2.24) is 4.72 Å². The van der Waals surface area contributed by atoms with E-state index in [1.807, 2.05) is 0 Å². The summed E-state index contributed by atoms with van der Waals surface area (Å²) >= 11 is 5.48. The standard InChI is InChI=1S/C11H12ClNO5S/c1-7(12)6-13-19(16,17)10-5-8(11(14)15)3-4-9(10)18-2/h3-5,13H,1,6H2,2H3,(H,14,15). The molecule has 0 aliphatic heterocycles. The summed E-state index contributed by atoms with van der Waals surface area (Å²) in [4.78, 5) is 10.6. The number of hydrogen-bond donors (Lipinski definition) is 2. The lowest BCUT2D eigenvalue weighted by Crippen LogP contribution is -2.25. The molecule has 1 aromatic carbocycles. The normalized spacial score (nSPS) is 11.1. The first-order chi connectivity index (χ1) is 8.77. The second-order valence-corrected chi connectivity index (χ2v) is 5.78. The van der Waals surface area contributed by atoms with E-state index < -0.39 is 16.0 Å². The Morgan fingerprint density at radius 1 is 1.53 bits per heavy atom. The van der Waals surface area contributed by atoms with Gasteiger partial charge < -0.3 is 9.84 Å². The number of hydrogen-bond acceptors (Lipinski definition) is 4. The minimum absolute atomic E-state index is 0.0395. The van der Waals surface area contributed by atoms with Crippen molar-refractivity contribution in [1.29, 1.82) is 0 Å². The number of ether oxygens (including phenoxy) is 1. The molecule has 0 saturated carbocycles. The van der Waals surface area contributed by atoms with Crippen molar-refractivity contribution >= 4 is 27.6 Å². The number of benzene rings is 1. The molecule has 19 heavy (non-hydrogen) atoms. The zero-order valence-corrected chi connectivity index (χ0v) is 11.6. The number of carbonyl (C=O) groups is 1. The van der Waals surface area contributed by atoms with Crippen LogP contribution in [-0.2, 0) is 10.0 Å². The molecule has 0 aromatic heterocycles. The molecule has 0 bridgehead atoms. The van der Waals surface area contributed by atoms with Gasteiger partial charge in [0.15, 0.2) is 0 Å². The summed E-state index contributed by atoms with van der Waals surface area (Å²) in [6.07, 6.45) is 0. The van der Waals surface area contributed by atoms with Gasteiger partial charge in [-0.05, 0) is 18.2 Å². The first-order valence-electron chi connectivity index (χ1n) is 5.02. The minimum atomic E-state index is -3.94. The van der Waals surface area contributed by atoms with E-state index in [4.69, 9.17) is 21.4 Å². The number of aromatic carboxylic acids is 1. The Morgan fingerprint density at radius 2 is 2.16 bits per heavy atom. The van der Waals surface area contributed by atoms with Gasteiger partial charge in [-0.1, -0.05) is 18.2 Å². The van der Waals surface area contributed by atoms with Gasteiger partial charge in [0.05, 0.1) is 12.7 Å². The summed E-state index contributed by atoms with van der Waals surface area (Å²) in [5.74, 6) is -1.20. The third-order valence-corrected chi connectivity index (χ3v) is 3.71. The summed E-state index contributed by atoms with van der Waals surface area (Å²) in [5.41, 5.74) is -0.161. The Balaban J connectivity index is 3.26. The Hall–Kier alpha value is -1.57. The van der Waals surface area contributed by atoms with E-state index in [2.05, 4.69) is 11.3 Å². The van der Waals surface area contributed by atoms with Crippen LogP contribution in [0.25, 0.3) is 0 Å². The number of nitrogens with one attached hydrogen (secondary N) is 1. The Morgan fingerprint density at radius 3 is 2.63 bits per heavy atom. The maximum atomic E-state index is 12.0. The van der Waals surface area contributed by atoms with Gasteiger partial charge in [-0.15, -0.1) is 0 Å². The molecule has 0 aliphatic carbocycles. The molecule has 2 N–H and O–H groups in total. The number of halogens is 1. The predicted octanol–water partition coefficient (Wildman–Crippen LogP) is 1.42. The number of methoxy groups -OCH3 is 1. The third-order valence-electron chi connectivity index (χ3n) is 2.15. The fourth-order valence-electron chi connectivity index (χ4n) is 1.27. The smallest absolute Gasteiger partial charge is 0.335 e. The first kappa shape index (κ1) is 15.5. The second kappa shape index (κ2) is 6.05. The quantitative estimate of drug-likeness (QED) is 0.829. The topological polar surface area (TPSA) is 92.7 Å². The van der Waals surface area contributed by atoms with Gasteiger partial charge in [0.25, 0.3) is 0 Å². The van der Waals surface area contributed by atoms with Gasteiger partial charge in [0.1, 0.15) is 10.6 Å². The van der Waals surface area contributed by atoms with Crippen molar-refractivity contribution in [3.63, 3.8) is 0 Å². The van der Waals surface area contributed by atoms with E-state index in [1.165, 1.54) is 19.2 Å². The van der Waals surface area contributed by atoms with E-state index in [9.17, 15) is 13.2 Å². The molecule has 0 amide bonds. The average molecular weight is 306 g/mol. The lowest BCUT2D eigenvalue weighted by molar-refractivity contribution is 0.0696. The zero-order chi connectivity index (χ0) is 14.6. The number of rotatable bonds is 6. The fraction of sp³-hybridized carbons (Fsp3) is 0.182. The molecule has 1 rings (SSSR count). The van der Waals surface area contributed by atoms with Gasteiger partial charge in [-0.2, -0.15) is 0 Å². The van der Waals surface area contributed by atoms with Crippen molar-refractivity contribution in [2.45, 2.75) is 4.90 Å². The summed E-state index contributed by atoms with van der Waals surface area (Å²) in [7, 11) is -2.65. The summed E-state index contributed by atoms with van der Waals surface area (Å²) in [6, 6.07) is 3.54. The van der Waals surface area contributed by atoms with Crippen molar-refractivity contribution in [2.24, 2.45) is 0 Å². The monoisotopic (exact) mass is 305 g/mol. The SMILES string of the molecule is C=C(Cl)CNS(=O)(=O)c1cc(C(=O)O)ccc1OC. The number of carboxylic acid groups (broad SMARTS) is 1. The molecule has 0 radical (unpaired) electrons. The van der Waals surface area contributed by atoms with Crippen molar-refractivity contribution in [2.75, 3.05) is 13.7 Å². The maximum Gasteiger partial charge on any atom is 0.335 e. The van der Waals surface area contributed by atoms with Crippen molar-refractivity contribution in [3.8, 4) is 5.75 Å². The number of sulfonamides is 1. The van der Waals surface area contributed by atoms with Gasteiger partial charge in [0, 0.05) is 11.6 Å². The molecule has 0 fully saturated rings. The van der Waals surface area contributed by atoms with Gasteiger partial charge in [-0.3, -0.25) is 0 Å². The third kappa shape index (κ3) is 3.95. The molecule has 0 aliphatic rings. The van der Waals surface area contributed by atoms with E-state index in [-0.39, 0.29) is 27.8 Å². The van der Waals surface area contributed by atoms with Crippen LogP contribution in [0, 0.1) is 0 Å². The van der Waals surface area contributed by atoms with E-state index >= 15 is 0 Å². The fourth-order valence-corrected chi connectivity index (χ4v) is 2.63.